The minimum absolute atomic E-state index is 0. The van der Waals surface area contributed by atoms with E-state index in [1.807, 2.05) is 0 Å². The van der Waals surface area contributed by atoms with Crippen LogP contribution < -0.4 is 0 Å². The number of hydrogen-bond acceptors (Lipinski definition) is 4. The molecule has 7 heavy (non-hydrogen) atoms. The summed E-state index contributed by atoms with van der Waals surface area (Å²) in [5, 5.41) is 15.2. The van der Waals surface area contributed by atoms with Crippen LogP contribution in [0.5, 0.6) is 0 Å². The fraction of sp³-hybridized carbons (Fsp3) is 0. The first-order valence-electron chi connectivity index (χ1n) is 0.589. The molecule has 0 aliphatic rings. The molecule has 43 valence electrons. The first-order chi connectivity index (χ1) is 2.41. The maximum Gasteiger partial charge on any atom is 2.00 e. The molecule has 0 fully saturated rings. The van der Waals surface area contributed by atoms with Gasteiger partial charge in [-0.25, -0.2) is 0 Å². The largest absolute Gasteiger partial charge is 2.00 e. The molecule has 0 aromatic carbocycles. The predicted octanol–water partition coefficient (Wildman–Crippen LogP) is 1.06. The average molecular weight is 191 g/mol. The Hall–Kier alpha value is -0.527. The second-order valence-electron chi connectivity index (χ2n) is 0.0745. The second kappa shape index (κ2) is 489. The van der Waals surface area contributed by atoms with E-state index in [1.165, 1.54) is 0 Å². The van der Waals surface area contributed by atoms with Crippen molar-refractivity contribution in [2.45, 2.75) is 0 Å². The van der Waals surface area contributed by atoms with Gasteiger partial charge < -0.3 is 28.1 Å². The number of nitrogens with two attached hydrogens (primary N) is 1. The summed E-state index contributed by atoms with van der Waals surface area (Å²) in [5.74, 6) is 0. The number of hydrogen-bond donors (Lipinski definition) is 0. The van der Waals surface area contributed by atoms with Gasteiger partial charge in [0, 0.05) is 0 Å². The van der Waals surface area contributed by atoms with Crippen molar-refractivity contribution >= 4 is 0 Å². The zero-order valence-corrected chi connectivity index (χ0v) is 4.76. The average Bonchev–Trinajstić information content (AvgIpc) is 1.46. The van der Waals surface area contributed by atoms with Crippen molar-refractivity contribution in [1.29, 1.82) is 5.26 Å². The second-order valence-corrected chi connectivity index (χ2v) is 0.0745. The minimum atomic E-state index is 0. The Balaban J connectivity index is -0.0000000105. The van der Waals surface area contributed by atoms with E-state index in [-0.39, 0.29) is 25.6 Å². The van der Waals surface area contributed by atoms with Gasteiger partial charge in [-0.3, -0.25) is 0 Å². The predicted molar refractivity (Wildman–Crippen MR) is 19.4 cm³/mol. The molecule has 2 N–H and O–H groups in total. The maximum atomic E-state index is 8.00. The van der Waals surface area contributed by atoms with Crippen molar-refractivity contribution in [2.75, 3.05) is 0 Å². The molecule has 0 bridgehead atoms. The molecule has 0 saturated heterocycles. The topological polar surface area (TPSA) is 110 Å². The first-order valence-corrected chi connectivity index (χ1v) is 0.589. The molecule has 0 aliphatic heterocycles. The smallest absolute Gasteiger partial charge is 0.693 e. The van der Waals surface area contributed by atoms with Crippen molar-refractivity contribution in [3.63, 3.8) is 0 Å². The number of nitrogens with zero attached hydrogens (tertiary/aromatic N) is 2. The molecular weight excluding hydrogens is 189 g/mol. The van der Waals surface area contributed by atoms with E-state index >= 15 is 0 Å². The van der Waals surface area contributed by atoms with Crippen molar-refractivity contribution in [1.82, 2.24) is 0 Å². The van der Waals surface area contributed by atoms with Gasteiger partial charge in [-0.15, -0.1) is 5.34 Å². The Morgan fingerprint density at radius 1 is 1.57 bits per heavy atom. The van der Waals surface area contributed by atoms with Gasteiger partial charge in [0.15, 0.2) is 0 Å². The van der Waals surface area contributed by atoms with E-state index < -0.39 is 0 Å². The van der Waals surface area contributed by atoms with Crippen LogP contribution in [0.25, 0.3) is 6.15 Å². The third-order valence-electron chi connectivity index (χ3n) is 0. The molecule has 5 nitrogen and oxygen atoms in total. The molecule has 6 heteroatoms. The molecular formula is CH2N3O2Rh-. The van der Waals surface area contributed by atoms with E-state index in [2.05, 4.69) is 0 Å². The van der Waals surface area contributed by atoms with Crippen LogP contribution in [0.2, 0.25) is 0 Å². The van der Waals surface area contributed by atoms with Crippen LogP contribution in [0.1, 0.15) is 0 Å². The molecule has 0 aliphatic carbocycles. The molecule has 0 aromatic heterocycles. The molecule has 0 rings (SSSR count). The Bertz CT molecular complexity index is 37.2. The summed E-state index contributed by atoms with van der Waals surface area (Å²) in [6.07, 6.45) is 0. The van der Waals surface area contributed by atoms with Crippen molar-refractivity contribution in [3.8, 4) is 0 Å². The van der Waals surface area contributed by atoms with Gasteiger partial charge in [-0.05, 0) is 0 Å². The third kappa shape index (κ3) is 238. The van der Waals surface area contributed by atoms with Crippen LogP contribution in [0, 0.1) is 21.9 Å². The Kier molecular flexibility index (Phi) is 2210. The van der Waals surface area contributed by atoms with E-state index in [9.17, 15) is 0 Å². The van der Waals surface area contributed by atoms with Crippen LogP contribution in [-0.2, 0) is 19.5 Å². The quantitative estimate of drug-likeness (QED) is 0.247. The van der Waals surface area contributed by atoms with Gasteiger partial charge in [0.1, 0.15) is 0 Å². The normalized spacial score (nSPS) is 2.00. The fourth-order valence-electron chi connectivity index (χ4n) is 0. The standard InChI is InChI=1S/CN.HNO2.H2N.Rh/c1-2;2-1-3;;/h;(H,2,3);1H2;/q-1;;-1;+2/p-1. The van der Waals surface area contributed by atoms with E-state index in [0.717, 1.165) is 5.34 Å². The minimum Gasteiger partial charge on any atom is -0.693 e. The summed E-state index contributed by atoms with van der Waals surface area (Å²) in [5.41, 5.74) is 0. The molecule has 0 amide bonds. The molecule has 0 aromatic rings. The van der Waals surface area contributed by atoms with Gasteiger partial charge in [0.2, 0.25) is 0 Å². The van der Waals surface area contributed by atoms with Gasteiger partial charge in [-0.2, -0.15) is 0 Å². The van der Waals surface area contributed by atoms with Crippen LogP contribution in [0.4, 0.5) is 0 Å². The Labute approximate surface area is 53.6 Å². The maximum absolute atomic E-state index is 8.00. The number of rotatable bonds is 0. The Morgan fingerprint density at radius 2 is 1.57 bits per heavy atom. The fourth-order valence-corrected chi connectivity index (χ4v) is 0. The first kappa shape index (κ1) is 31.7. The van der Waals surface area contributed by atoms with Gasteiger partial charge >= 0.3 is 19.5 Å². The van der Waals surface area contributed by atoms with Gasteiger partial charge in [0.05, 0.1) is 0 Å². The monoisotopic (exact) mass is 191 g/mol. The van der Waals surface area contributed by atoms with Gasteiger partial charge in [-0.1, -0.05) is 0 Å². The molecule has 0 saturated carbocycles. The summed E-state index contributed by atoms with van der Waals surface area (Å²) >= 11 is 0. The molecule has 1 radical (unpaired) electrons. The molecule has 0 heterocycles. The Morgan fingerprint density at radius 3 is 1.57 bits per heavy atom. The summed E-state index contributed by atoms with van der Waals surface area (Å²) in [6.45, 7) is 4.75. The SMILES string of the molecule is O=N[O-].[C-]#N.[NH2-].[Rh+2]. The third-order valence-corrected chi connectivity index (χ3v) is 0. The summed E-state index contributed by atoms with van der Waals surface area (Å²) in [7, 11) is 0. The van der Waals surface area contributed by atoms with Crippen LogP contribution >= 0.6 is 0 Å². The summed E-state index contributed by atoms with van der Waals surface area (Å²) in [4.78, 5) is 8.00. The van der Waals surface area contributed by atoms with Crippen LogP contribution in [0.15, 0.2) is 5.34 Å². The summed E-state index contributed by atoms with van der Waals surface area (Å²) in [6, 6.07) is 0. The van der Waals surface area contributed by atoms with E-state index in [4.69, 9.17) is 21.9 Å². The molecule has 0 unspecified atom stereocenters. The zero-order chi connectivity index (χ0) is 4.71. The zero-order valence-electron chi connectivity index (χ0n) is 3.12. The van der Waals surface area contributed by atoms with Crippen molar-refractivity contribution in [3.05, 3.63) is 22.8 Å². The van der Waals surface area contributed by atoms with Gasteiger partial charge in [0.25, 0.3) is 0 Å². The molecule has 0 spiro atoms. The van der Waals surface area contributed by atoms with E-state index in [1.54, 1.807) is 0 Å². The summed E-state index contributed by atoms with van der Waals surface area (Å²) < 4.78 is 0. The molecule has 0 atom stereocenters. The van der Waals surface area contributed by atoms with Crippen LogP contribution in [-0.4, -0.2) is 0 Å². The van der Waals surface area contributed by atoms with Crippen LogP contribution in [0.3, 0.4) is 0 Å². The van der Waals surface area contributed by atoms with Crippen molar-refractivity contribution < 1.29 is 19.5 Å². The van der Waals surface area contributed by atoms with E-state index in [0.29, 0.717) is 0 Å². The van der Waals surface area contributed by atoms with Crippen molar-refractivity contribution in [2.24, 2.45) is 5.34 Å².